The fourth-order valence-electron chi connectivity index (χ4n) is 2.46. The van der Waals surface area contributed by atoms with E-state index in [0.29, 0.717) is 13.1 Å². The third-order valence-electron chi connectivity index (χ3n) is 3.54. The van der Waals surface area contributed by atoms with Crippen LogP contribution in [0.1, 0.15) is 12.5 Å². The van der Waals surface area contributed by atoms with Gasteiger partial charge >= 0.3 is 0 Å². The number of halogens is 1. The van der Waals surface area contributed by atoms with Gasteiger partial charge in [0.25, 0.3) is 0 Å². The van der Waals surface area contributed by atoms with Crippen molar-refractivity contribution in [2.24, 2.45) is 5.92 Å². The van der Waals surface area contributed by atoms with Gasteiger partial charge in [-0.1, -0.05) is 43.3 Å². The van der Waals surface area contributed by atoms with E-state index in [9.17, 15) is 4.79 Å². The molecular weight excluding hydrogens is 284 g/mol. The Morgan fingerprint density at radius 3 is 2.52 bits per heavy atom. The lowest BCUT2D eigenvalue weighted by Crippen LogP contribution is -2.35. The smallest absolute Gasteiger partial charge is 0.226 e. The second-order valence-electron chi connectivity index (χ2n) is 5.33. The monoisotopic (exact) mass is 306 g/mol. The van der Waals surface area contributed by atoms with E-state index in [1.54, 1.807) is 4.90 Å². The molecule has 0 aliphatic rings. The molecule has 0 aliphatic heterocycles. The van der Waals surface area contributed by atoms with Gasteiger partial charge in [0.2, 0.25) is 5.91 Å². The van der Waals surface area contributed by atoms with Crippen LogP contribution in [-0.4, -0.2) is 31.4 Å². The summed E-state index contributed by atoms with van der Waals surface area (Å²) in [6.45, 7) is 3.31. The second kappa shape index (κ2) is 8.01. The Hall–Kier alpha value is -1.58. The van der Waals surface area contributed by atoms with Crippen molar-refractivity contribution in [3.05, 3.63) is 48.0 Å². The van der Waals surface area contributed by atoms with E-state index in [0.717, 1.165) is 5.56 Å². The molecule has 0 bridgehead atoms. The number of benzene rings is 2. The number of carbonyl (C=O) groups excluding carboxylic acids is 1. The summed E-state index contributed by atoms with van der Waals surface area (Å²) < 4.78 is 0. The molecule has 114 valence electrons. The maximum atomic E-state index is 12.2. The van der Waals surface area contributed by atoms with Crippen molar-refractivity contribution in [2.45, 2.75) is 13.5 Å². The van der Waals surface area contributed by atoms with Crippen molar-refractivity contribution in [3.63, 3.8) is 0 Å². The normalized spacial score (nSPS) is 11.8. The van der Waals surface area contributed by atoms with E-state index >= 15 is 0 Å². The fraction of sp³-hybridized carbons (Fsp3) is 0.353. The van der Waals surface area contributed by atoms with Crippen molar-refractivity contribution in [1.29, 1.82) is 0 Å². The molecule has 2 aromatic rings. The zero-order chi connectivity index (χ0) is 14.5. The minimum Gasteiger partial charge on any atom is -0.341 e. The number of rotatable bonds is 5. The fourth-order valence-corrected chi connectivity index (χ4v) is 2.46. The van der Waals surface area contributed by atoms with Crippen LogP contribution in [0.4, 0.5) is 0 Å². The van der Waals surface area contributed by atoms with Crippen LogP contribution in [-0.2, 0) is 11.3 Å². The zero-order valence-electron chi connectivity index (χ0n) is 12.8. The highest BCUT2D eigenvalue weighted by atomic mass is 35.5. The highest BCUT2D eigenvalue weighted by Crippen LogP contribution is 2.17. The van der Waals surface area contributed by atoms with Crippen molar-refractivity contribution >= 4 is 29.1 Å². The molecule has 0 spiro atoms. The van der Waals surface area contributed by atoms with Crippen molar-refractivity contribution in [2.75, 3.05) is 20.6 Å². The van der Waals surface area contributed by atoms with Gasteiger partial charge in [-0.2, -0.15) is 0 Å². The summed E-state index contributed by atoms with van der Waals surface area (Å²) in [7, 11) is 3.73. The molecule has 3 nitrogen and oxygen atoms in total. The Morgan fingerprint density at radius 1 is 1.19 bits per heavy atom. The number of carbonyl (C=O) groups is 1. The standard InChI is InChI=1S/C17H22N2O.ClH/c1-13(11-18-2)17(20)19(3)12-14-8-9-15-6-4-5-7-16(15)10-14;/h4-10,13,18H,11-12H2,1-3H3;1H. The topological polar surface area (TPSA) is 32.3 Å². The summed E-state index contributed by atoms with van der Waals surface area (Å²) >= 11 is 0. The molecule has 2 aromatic carbocycles. The first-order valence-corrected chi connectivity index (χ1v) is 6.99. The van der Waals surface area contributed by atoms with E-state index in [4.69, 9.17) is 0 Å². The quantitative estimate of drug-likeness (QED) is 0.921. The second-order valence-corrected chi connectivity index (χ2v) is 5.33. The molecule has 1 unspecified atom stereocenters. The SMILES string of the molecule is CNCC(C)C(=O)N(C)Cc1ccc2ccccc2c1.Cl. The number of nitrogens with one attached hydrogen (secondary N) is 1. The summed E-state index contributed by atoms with van der Waals surface area (Å²) in [6, 6.07) is 14.6. The molecule has 1 atom stereocenters. The van der Waals surface area contributed by atoms with E-state index in [-0.39, 0.29) is 24.2 Å². The number of amides is 1. The minimum atomic E-state index is 0. The Balaban J connectivity index is 0.00000220. The van der Waals surface area contributed by atoms with Gasteiger partial charge in [-0.25, -0.2) is 0 Å². The first-order valence-electron chi connectivity index (χ1n) is 6.99. The highest BCUT2D eigenvalue weighted by Gasteiger charge is 2.16. The summed E-state index contributed by atoms with van der Waals surface area (Å²) in [5.41, 5.74) is 1.16. The van der Waals surface area contributed by atoms with E-state index in [1.165, 1.54) is 10.8 Å². The largest absolute Gasteiger partial charge is 0.341 e. The van der Waals surface area contributed by atoms with Gasteiger partial charge < -0.3 is 10.2 Å². The van der Waals surface area contributed by atoms with Crippen LogP contribution >= 0.6 is 12.4 Å². The molecule has 0 aliphatic carbocycles. The van der Waals surface area contributed by atoms with E-state index in [1.807, 2.05) is 33.2 Å². The summed E-state index contributed by atoms with van der Waals surface area (Å²) in [5.74, 6) is 0.179. The van der Waals surface area contributed by atoms with E-state index in [2.05, 4.69) is 35.6 Å². The molecule has 4 heteroatoms. The summed E-state index contributed by atoms with van der Waals surface area (Å²) in [5, 5.41) is 5.49. The van der Waals surface area contributed by atoms with Crippen molar-refractivity contribution in [3.8, 4) is 0 Å². The molecule has 0 saturated carbocycles. The van der Waals surface area contributed by atoms with Gasteiger partial charge in [-0.3, -0.25) is 4.79 Å². The first-order chi connectivity index (χ1) is 9.61. The molecule has 1 N–H and O–H groups in total. The van der Waals surface area contributed by atoms with Crippen LogP contribution in [0.3, 0.4) is 0 Å². The lowest BCUT2D eigenvalue weighted by Gasteiger charge is -2.21. The van der Waals surface area contributed by atoms with Gasteiger partial charge in [0, 0.05) is 26.1 Å². The maximum Gasteiger partial charge on any atom is 0.226 e. The number of hydrogen-bond acceptors (Lipinski definition) is 2. The highest BCUT2D eigenvalue weighted by molar-refractivity contribution is 5.85. The Morgan fingerprint density at radius 2 is 1.86 bits per heavy atom. The van der Waals surface area contributed by atoms with Gasteiger partial charge in [0.1, 0.15) is 0 Å². The molecule has 0 heterocycles. The van der Waals surface area contributed by atoms with Crippen molar-refractivity contribution < 1.29 is 4.79 Å². The van der Waals surface area contributed by atoms with Crippen LogP contribution < -0.4 is 5.32 Å². The van der Waals surface area contributed by atoms with E-state index < -0.39 is 0 Å². The molecule has 0 fully saturated rings. The van der Waals surface area contributed by atoms with Crippen molar-refractivity contribution in [1.82, 2.24) is 10.2 Å². The molecule has 0 aromatic heterocycles. The maximum absolute atomic E-state index is 12.2. The number of fused-ring (bicyclic) bond motifs is 1. The molecule has 0 radical (unpaired) electrons. The predicted molar refractivity (Wildman–Crippen MR) is 90.8 cm³/mol. The summed E-state index contributed by atoms with van der Waals surface area (Å²) in [6.07, 6.45) is 0. The molecular formula is C17H23ClN2O. The van der Waals surface area contributed by atoms with Crippen LogP contribution in [0.2, 0.25) is 0 Å². The summed E-state index contributed by atoms with van der Waals surface area (Å²) in [4.78, 5) is 14.0. The number of hydrogen-bond donors (Lipinski definition) is 1. The average molecular weight is 307 g/mol. The molecule has 21 heavy (non-hydrogen) atoms. The van der Waals surface area contributed by atoms with Gasteiger partial charge in [-0.05, 0) is 29.4 Å². The number of nitrogens with zero attached hydrogens (tertiary/aromatic N) is 1. The van der Waals surface area contributed by atoms with Gasteiger partial charge in [0.05, 0.1) is 0 Å². The molecule has 2 rings (SSSR count). The molecule has 1 amide bonds. The van der Waals surface area contributed by atoms with Crippen LogP contribution in [0.15, 0.2) is 42.5 Å². The average Bonchev–Trinajstić information content (AvgIpc) is 2.46. The van der Waals surface area contributed by atoms with Gasteiger partial charge in [-0.15, -0.1) is 12.4 Å². The van der Waals surface area contributed by atoms with Crippen LogP contribution in [0, 0.1) is 5.92 Å². The Kier molecular flexibility index (Phi) is 6.66. The first kappa shape index (κ1) is 17.5. The zero-order valence-corrected chi connectivity index (χ0v) is 13.6. The van der Waals surface area contributed by atoms with Crippen LogP contribution in [0.5, 0.6) is 0 Å². The Labute approximate surface area is 132 Å². The predicted octanol–water partition coefficient (Wildman–Crippen LogP) is 3.08. The minimum absolute atomic E-state index is 0. The van der Waals surface area contributed by atoms with Crippen LogP contribution in [0.25, 0.3) is 10.8 Å². The lowest BCUT2D eigenvalue weighted by atomic mass is 10.1. The van der Waals surface area contributed by atoms with Gasteiger partial charge in [0.15, 0.2) is 0 Å². The lowest BCUT2D eigenvalue weighted by molar-refractivity contribution is -0.134. The molecule has 0 saturated heterocycles. The Bertz CT molecular complexity index is 600. The third kappa shape index (κ3) is 4.45. The third-order valence-corrected chi connectivity index (χ3v) is 3.54.